The first-order chi connectivity index (χ1) is 16.1. The van der Waals surface area contributed by atoms with Gasteiger partial charge in [-0.15, -0.1) is 0 Å². The Labute approximate surface area is 198 Å². The summed E-state index contributed by atoms with van der Waals surface area (Å²) in [5.41, 5.74) is -1.69. The molecule has 0 saturated carbocycles. The van der Waals surface area contributed by atoms with Crippen molar-refractivity contribution < 1.29 is 19.1 Å². The molecule has 2 aromatic rings. The summed E-state index contributed by atoms with van der Waals surface area (Å²) in [5.74, 6) is -2.66. The third kappa shape index (κ3) is 3.32. The van der Waals surface area contributed by atoms with Crippen molar-refractivity contribution in [3.05, 3.63) is 67.0 Å². The summed E-state index contributed by atoms with van der Waals surface area (Å²) >= 11 is 0. The van der Waals surface area contributed by atoms with Gasteiger partial charge in [-0.1, -0.05) is 30.4 Å². The molecular weight excluding hydrogens is 432 g/mol. The number of aromatic nitrogens is 1. The van der Waals surface area contributed by atoms with Crippen molar-refractivity contribution in [1.82, 2.24) is 10.3 Å². The molecule has 5 rings (SSSR count). The third-order valence-corrected chi connectivity index (χ3v) is 6.69. The molecule has 2 bridgehead atoms. The molecule has 0 unspecified atom stereocenters. The summed E-state index contributed by atoms with van der Waals surface area (Å²) in [7, 11) is 0. The normalized spacial score (nSPS) is 31.5. The van der Waals surface area contributed by atoms with Crippen LogP contribution in [-0.4, -0.2) is 45.5 Å². The minimum Gasteiger partial charge on any atom is -0.356 e. The minimum absolute atomic E-state index is 0.318. The number of nitrogens with one attached hydrogen (secondary N) is 2. The molecule has 2 fully saturated rings. The summed E-state index contributed by atoms with van der Waals surface area (Å²) in [5, 5.41) is 5.92. The minimum atomic E-state index is -1.27. The van der Waals surface area contributed by atoms with E-state index in [1.165, 1.54) is 4.90 Å². The van der Waals surface area contributed by atoms with Crippen LogP contribution in [0.25, 0.3) is 0 Å². The fourth-order valence-electron chi connectivity index (χ4n) is 5.49. The molecule has 2 N–H and O–H groups in total. The third-order valence-electron chi connectivity index (χ3n) is 6.69. The summed E-state index contributed by atoms with van der Waals surface area (Å²) in [6.07, 6.45) is 6.76. The van der Waals surface area contributed by atoms with Crippen LogP contribution in [-0.2, 0) is 19.1 Å². The zero-order valence-electron chi connectivity index (χ0n) is 19.6. The van der Waals surface area contributed by atoms with E-state index in [0.717, 1.165) is 0 Å². The van der Waals surface area contributed by atoms with Gasteiger partial charge in [0.05, 0.1) is 29.3 Å². The molecule has 8 heteroatoms. The maximum Gasteiger partial charge on any atom is 0.246 e. The van der Waals surface area contributed by atoms with Crippen molar-refractivity contribution >= 4 is 29.1 Å². The Morgan fingerprint density at radius 2 is 1.79 bits per heavy atom. The molecule has 3 aliphatic rings. The smallest absolute Gasteiger partial charge is 0.246 e. The number of rotatable bonds is 4. The first kappa shape index (κ1) is 22.3. The van der Waals surface area contributed by atoms with Crippen LogP contribution in [0.3, 0.4) is 0 Å². The summed E-state index contributed by atoms with van der Waals surface area (Å²) in [6, 6.07) is 11.6. The quantitative estimate of drug-likeness (QED) is 0.684. The average Bonchev–Trinajstić information content (AvgIpc) is 3.34. The molecule has 3 aliphatic heterocycles. The molecule has 2 saturated heterocycles. The van der Waals surface area contributed by atoms with Crippen LogP contribution in [0.1, 0.15) is 27.7 Å². The summed E-state index contributed by atoms with van der Waals surface area (Å²) in [4.78, 5) is 46.8. The molecule has 176 valence electrons. The Kier molecular flexibility index (Phi) is 4.91. The topological polar surface area (TPSA) is 101 Å². The summed E-state index contributed by atoms with van der Waals surface area (Å²) in [6.45, 7) is 7.44. The van der Waals surface area contributed by atoms with Crippen molar-refractivity contribution in [2.45, 2.75) is 50.5 Å². The van der Waals surface area contributed by atoms with Crippen LogP contribution in [0.2, 0.25) is 0 Å². The van der Waals surface area contributed by atoms with E-state index < -0.39 is 34.6 Å². The second kappa shape index (κ2) is 7.50. The van der Waals surface area contributed by atoms with Gasteiger partial charge in [0.1, 0.15) is 11.6 Å². The van der Waals surface area contributed by atoms with Crippen molar-refractivity contribution in [2.75, 3.05) is 10.2 Å². The van der Waals surface area contributed by atoms with Crippen molar-refractivity contribution in [3.8, 4) is 0 Å². The number of benzene rings is 1. The van der Waals surface area contributed by atoms with Gasteiger partial charge in [0.15, 0.2) is 0 Å². The van der Waals surface area contributed by atoms with Gasteiger partial charge in [-0.2, -0.15) is 0 Å². The number of amides is 3. The van der Waals surface area contributed by atoms with E-state index in [2.05, 4.69) is 15.6 Å². The van der Waals surface area contributed by atoms with E-state index in [0.29, 0.717) is 11.4 Å². The molecule has 5 atom stereocenters. The van der Waals surface area contributed by atoms with Gasteiger partial charge >= 0.3 is 0 Å². The molecule has 4 heterocycles. The van der Waals surface area contributed by atoms with E-state index in [-0.39, 0.29) is 17.7 Å². The van der Waals surface area contributed by atoms with Crippen molar-refractivity contribution in [1.29, 1.82) is 0 Å². The molecule has 8 nitrogen and oxygen atoms in total. The second-order valence-corrected chi connectivity index (χ2v) is 10.3. The maximum absolute atomic E-state index is 14.0. The zero-order valence-corrected chi connectivity index (χ0v) is 19.6. The zero-order chi connectivity index (χ0) is 24.3. The predicted octanol–water partition coefficient (Wildman–Crippen LogP) is 2.68. The van der Waals surface area contributed by atoms with E-state index in [9.17, 15) is 14.4 Å². The van der Waals surface area contributed by atoms with Gasteiger partial charge in [-0.25, -0.2) is 0 Å². The highest BCUT2D eigenvalue weighted by molar-refractivity contribution is 6.11. The molecule has 3 amide bonds. The van der Waals surface area contributed by atoms with Crippen molar-refractivity contribution in [2.24, 2.45) is 11.8 Å². The highest BCUT2D eigenvalue weighted by Gasteiger charge is 2.76. The Morgan fingerprint density at radius 3 is 2.44 bits per heavy atom. The Bertz CT molecular complexity index is 1180. The Morgan fingerprint density at radius 1 is 1.06 bits per heavy atom. The number of pyridine rings is 1. The molecule has 1 aromatic carbocycles. The number of carbonyl (C=O) groups is 3. The molecule has 1 aromatic heterocycles. The monoisotopic (exact) mass is 460 g/mol. The first-order valence-electron chi connectivity index (χ1n) is 11.4. The van der Waals surface area contributed by atoms with Crippen LogP contribution in [0.15, 0.2) is 67.0 Å². The predicted molar refractivity (Wildman–Crippen MR) is 127 cm³/mol. The van der Waals surface area contributed by atoms with Gasteiger partial charge in [0, 0.05) is 17.4 Å². The van der Waals surface area contributed by atoms with E-state index in [1.807, 2.05) is 45.0 Å². The van der Waals surface area contributed by atoms with Gasteiger partial charge in [0.2, 0.25) is 17.7 Å². The van der Waals surface area contributed by atoms with Gasteiger partial charge in [0.25, 0.3) is 0 Å². The SMILES string of the molecule is CC(C)(C)NC(=O)[C@@H]1N(c2cccnc2)C(=O)[C@H]2[C@H](C(=O)Nc3ccccc3)[C@@]3(C)C=C[C@@]12O3. The van der Waals surface area contributed by atoms with E-state index in [1.54, 1.807) is 49.7 Å². The van der Waals surface area contributed by atoms with Crippen LogP contribution >= 0.6 is 0 Å². The largest absolute Gasteiger partial charge is 0.356 e. The molecule has 34 heavy (non-hydrogen) atoms. The number of fused-ring (bicyclic) bond motifs is 1. The lowest BCUT2D eigenvalue weighted by Gasteiger charge is -2.34. The Hall–Kier alpha value is -3.52. The highest BCUT2D eigenvalue weighted by Crippen LogP contribution is 2.60. The van der Waals surface area contributed by atoms with Crippen LogP contribution in [0.5, 0.6) is 0 Å². The number of para-hydroxylation sites is 1. The van der Waals surface area contributed by atoms with Crippen LogP contribution < -0.4 is 15.5 Å². The maximum atomic E-state index is 14.0. The van der Waals surface area contributed by atoms with Crippen LogP contribution in [0, 0.1) is 11.8 Å². The number of carbonyl (C=O) groups excluding carboxylic acids is 3. The highest BCUT2D eigenvalue weighted by atomic mass is 16.5. The second-order valence-electron chi connectivity index (χ2n) is 10.3. The van der Waals surface area contributed by atoms with Gasteiger partial charge < -0.3 is 15.4 Å². The fraction of sp³-hybridized carbons (Fsp3) is 0.385. The first-order valence-corrected chi connectivity index (χ1v) is 11.4. The van der Waals surface area contributed by atoms with Crippen LogP contribution in [0.4, 0.5) is 11.4 Å². The van der Waals surface area contributed by atoms with Gasteiger partial charge in [-0.05, 0) is 52.0 Å². The lowest BCUT2D eigenvalue weighted by Crippen LogP contribution is -2.58. The lowest BCUT2D eigenvalue weighted by atomic mass is 9.70. The molecule has 0 aliphatic carbocycles. The number of anilines is 2. The number of hydrogen-bond donors (Lipinski definition) is 2. The number of nitrogens with zero attached hydrogens (tertiary/aromatic N) is 2. The lowest BCUT2D eigenvalue weighted by molar-refractivity contribution is -0.131. The Balaban J connectivity index is 1.59. The number of hydrogen-bond acceptors (Lipinski definition) is 5. The summed E-state index contributed by atoms with van der Waals surface area (Å²) < 4.78 is 6.50. The standard InChI is InChI=1S/C26H28N4O4/c1-24(2,3)29-22(32)20-26-13-12-25(4,34-26)18(21(31)28-16-9-6-5-7-10-16)19(26)23(33)30(20)17-11-8-14-27-15-17/h5-15,18-20H,1-4H3,(H,28,31)(H,29,32)/t18-,19-,20+,25-,26+/m1/s1. The molecular formula is C26H28N4O4. The molecule has 1 spiro atoms. The fourth-order valence-corrected chi connectivity index (χ4v) is 5.49. The number of ether oxygens (including phenoxy) is 1. The van der Waals surface area contributed by atoms with E-state index >= 15 is 0 Å². The van der Waals surface area contributed by atoms with E-state index in [4.69, 9.17) is 4.74 Å². The van der Waals surface area contributed by atoms with Gasteiger partial charge in [-0.3, -0.25) is 24.3 Å². The average molecular weight is 461 g/mol. The van der Waals surface area contributed by atoms with Crippen molar-refractivity contribution in [3.63, 3.8) is 0 Å². The molecule has 0 radical (unpaired) electrons.